The minimum atomic E-state index is -3.67. The molecule has 0 radical (unpaired) electrons. The van der Waals surface area contributed by atoms with E-state index in [1.807, 2.05) is 0 Å². The third-order valence-corrected chi connectivity index (χ3v) is 7.44. The van der Waals surface area contributed by atoms with Crippen molar-refractivity contribution >= 4 is 27.3 Å². The molecule has 3 rings (SSSR count). The minimum Gasteiger partial charge on any atom is -0.465 e. The first-order valence-corrected chi connectivity index (χ1v) is 10.1. The Morgan fingerprint density at radius 3 is 2.75 bits per heavy atom. The Morgan fingerprint density at radius 1 is 1.29 bits per heavy atom. The van der Waals surface area contributed by atoms with Gasteiger partial charge in [-0.1, -0.05) is 0 Å². The molecular weight excluding hydrogens is 354 g/mol. The molecule has 2 aliphatic heterocycles. The monoisotopic (exact) mass is 375 g/mol. The summed E-state index contributed by atoms with van der Waals surface area (Å²) < 4.78 is 43.2. The first-order chi connectivity index (χ1) is 11.5. The number of hydrogen-bond donors (Lipinski definition) is 0. The van der Waals surface area contributed by atoms with E-state index < -0.39 is 16.0 Å². The average molecular weight is 375 g/mol. The third-order valence-electron chi connectivity index (χ3n) is 4.56. The number of carbonyl (C=O) groups is 1. The topological polar surface area (TPSA) is 82.1 Å². The van der Waals surface area contributed by atoms with Gasteiger partial charge < -0.3 is 14.2 Å². The lowest BCUT2D eigenvalue weighted by atomic mass is 9.81. The summed E-state index contributed by atoms with van der Waals surface area (Å²) in [5, 5.41) is 1.49. The van der Waals surface area contributed by atoms with Gasteiger partial charge in [-0.05, 0) is 18.9 Å². The zero-order valence-electron chi connectivity index (χ0n) is 13.5. The van der Waals surface area contributed by atoms with Gasteiger partial charge in [0.05, 0.1) is 25.2 Å². The number of nitrogens with zero attached hydrogens (tertiary/aromatic N) is 1. The van der Waals surface area contributed by atoms with Gasteiger partial charge in [0.2, 0.25) is 10.0 Å². The van der Waals surface area contributed by atoms with Gasteiger partial charge >= 0.3 is 5.97 Å². The largest absolute Gasteiger partial charge is 0.465 e. The van der Waals surface area contributed by atoms with E-state index >= 15 is 0 Å². The molecule has 0 unspecified atom stereocenters. The molecule has 3 heterocycles. The zero-order valence-corrected chi connectivity index (χ0v) is 15.2. The van der Waals surface area contributed by atoms with Crippen molar-refractivity contribution in [3.8, 4) is 0 Å². The second-order valence-electron chi connectivity index (χ2n) is 6.14. The molecule has 0 atom stereocenters. The molecule has 2 saturated heterocycles. The highest BCUT2D eigenvalue weighted by atomic mass is 32.2. The van der Waals surface area contributed by atoms with Crippen LogP contribution in [0.4, 0.5) is 0 Å². The van der Waals surface area contributed by atoms with Crippen LogP contribution in [0.2, 0.25) is 0 Å². The molecule has 0 saturated carbocycles. The zero-order chi connectivity index (χ0) is 17.2. The molecule has 134 valence electrons. The fraction of sp³-hybridized carbons (Fsp3) is 0.667. The van der Waals surface area contributed by atoms with Crippen molar-refractivity contribution in [2.75, 3.05) is 46.6 Å². The summed E-state index contributed by atoms with van der Waals surface area (Å²) in [4.78, 5) is 12.0. The highest BCUT2D eigenvalue weighted by molar-refractivity contribution is 7.89. The molecular formula is C15H21NO6S2. The summed E-state index contributed by atoms with van der Waals surface area (Å²) >= 11 is 1.07. The molecule has 1 aromatic heterocycles. The number of methoxy groups -OCH3 is 1. The molecule has 7 nitrogen and oxygen atoms in total. The second kappa shape index (κ2) is 7.09. The third kappa shape index (κ3) is 3.50. The van der Waals surface area contributed by atoms with Gasteiger partial charge in [0.25, 0.3) is 0 Å². The SMILES string of the molecule is COC(=O)c1cc(S(=O)(=O)N2CCOCC3(CCOCC3)C2)cs1. The van der Waals surface area contributed by atoms with Crippen LogP contribution in [0.3, 0.4) is 0 Å². The minimum absolute atomic E-state index is 0.136. The highest BCUT2D eigenvalue weighted by Crippen LogP contribution is 2.35. The van der Waals surface area contributed by atoms with Gasteiger partial charge in [0.15, 0.2) is 0 Å². The maximum absolute atomic E-state index is 13.0. The van der Waals surface area contributed by atoms with Crippen LogP contribution >= 0.6 is 11.3 Å². The maximum Gasteiger partial charge on any atom is 0.348 e. The van der Waals surface area contributed by atoms with Gasteiger partial charge in [-0.2, -0.15) is 4.31 Å². The Labute approximate surface area is 145 Å². The lowest BCUT2D eigenvalue weighted by molar-refractivity contribution is -0.0280. The Hall–Kier alpha value is -1.00. The van der Waals surface area contributed by atoms with Gasteiger partial charge in [0.1, 0.15) is 4.88 Å². The molecule has 0 aliphatic carbocycles. The summed E-state index contributed by atoms with van der Waals surface area (Å²) in [5.41, 5.74) is -0.191. The average Bonchev–Trinajstić information content (AvgIpc) is 3.00. The van der Waals surface area contributed by atoms with Crippen LogP contribution in [0, 0.1) is 5.41 Å². The lowest BCUT2D eigenvalue weighted by Crippen LogP contribution is -2.44. The number of carbonyl (C=O) groups excluding carboxylic acids is 1. The molecule has 0 amide bonds. The van der Waals surface area contributed by atoms with Crippen LogP contribution in [0.5, 0.6) is 0 Å². The molecule has 0 N–H and O–H groups in total. The second-order valence-corrected chi connectivity index (χ2v) is 8.99. The predicted octanol–water partition coefficient (Wildman–Crippen LogP) is 1.35. The van der Waals surface area contributed by atoms with E-state index in [1.165, 1.54) is 22.9 Å². The van der Waals surface area contributed by atoms with Crippen molar-refractivity contribution in [1.29, 1.82) is 0 Å². The summed E-state index contributed by atoms with van der Waals surface area (Å²) in [6.45, 7) is 2.91. The van der Waals surface area contributed by atoms with Gasteiger partial charge in [0, 0.05) is 37.1 Å². The molecule has 2 fully saturated rings. The van der Waals surface area contributed by atoms with Crippen molar-refractivity contribution in [2.24, 2.45) is 5.41 Å². The summed E-state index contributed by atoms with van der Waals surface area (Å²) in [5.74, 6) is -0.526. The number of thiophene rings is 1. The Balaban J connectivity index is 1.84. The highest BCUT2D eigenvalue weighted by Gasteiger charge is 2.40. The summed E-state index contributed by atoms with van der Waals surface area (Å²) in [7, 11) is -2.39. The Bertz CT molecular complexity index is 693. The number of ether oxygens (including phenoxy) is 3. The van der Waals surface area contributed by atoms with E-state index in [0.29, 0.717) is 39.5 Å². The molecule has 9 heteroatoms. The Morgan fingerprint density at radius 2 is 2.04 bits per heavy atom. The first-order valence-electron chi connectivity index (χ1n) is 7.79. The van der Waals surface area contributed by atoms with Gasteiger partial charge in [-0.25, -0.2) is 13.2 Å². The van der Waals surface area contributed by atoms with Crippen LogP contribution in [-0.2, 0) is 24.2 Å². The number of rotatable bonds is 3. The smallest absolute Gasteiger partial charge is 0.348 e. The van der Waals surface area contributed by atoms with Crippen molar-refractivity contribution in [1.82, 2.24) is 4.31 Å². The van der Waals surface area contributed by atoms with Crippen LogP contribution in [0.1, 0.15) is 22.5 Å². The van der Waals surface area contributed by atoms with Gasteiger partial charge in [-0.3, -0.25) is 0 Å². The molecule has 1 aromatic rings. The summed E-state index contributed by atoms with van der Waals surface area (Å²) in [6.07, 6.45) is 1.58. The van der Waals surface area contributed by atoms with Crippen molar-refractivity contribution in [3.63, 3.8) is 0 Å². The predicted molar refractivity (Wildman–Crippen MR) is 87.7 cm³/mol. The number of hydrogen-bond acceptors (Lipinski definition) is 7. The Kier molecular flexibility index (Phi) is 5.26. The van der Waals surface area contributed by atoms with E-state index in [1.54, 1.807) is 0 Å². The van der Waals surface area contributed by atoms with Crippen molar-refractivity contribution < 1.29 is 27.4 Å². The molecule has 2 aliphatic rings. The standard InChI is InChI=1S/C15H21NO6S2/c1-20-14(17)13-8-12(9-23-13)24(18,19)16-4-7-22-11-15(10-16)2-5-21-6-3-15/h8-9H,2-7,10-11H2,1H3. The maximum atomic E-state index is 13.0. The van der Waals surface area contributed by atoms with E-state index in [-0.39, 0.29) is 15.2 Å². The fourth-order valence-electron chi connectivity index (χ4n) is 3.08. The van der Waals surface area contributed by atoms with Crippen LogP contribution in [0.25, 0.3) is 0 Å². The van der Waals surface area contributed by atoms with Crippen LogP contribution in [0.15, 0.2) is 16.3 Å². The molecule has 0 bridgehead atoms. The fourth-order valence-corrected chi connectivity index (χ4v) is 5.79. The quantitative estimate of drug-likeness (QED) is 0.742. The molecule has 1 spiro atoms. The normalized spacial score (nSPS) is 22.2. The molecule has 24 heavy (non-hydrogen) atoms. The van der Waals surface area contributed by atoms with E-state index in [4.69, 9.17) is 9.47 Å². The van der Waals surface area contributed by atoms with E-state index in [2.05, 4.69) is 4.74 Å². The van der Waals surface area contributed by atoms with Crippen LogP contribution < -0.4 is 0 Å². The summed E-state index contributed by atoms with van der Waals surface area (Å²) in [6, 6.07) is 1.38. The molecule has 0 aromatic carbocycles. The van der Waals surface area contributed by atoms with Crippen molar-refractivity contribution in [3.05, 3.63) is 16.3 Å². The van der Waals surface area contributed by atoms with Crippen LogP contribution in [-0.4, -0.2) is 65.3 Å². The lowest BCUT2D eigenvalue weighted by Gasteiger charge is -2.37. The van der Waals surface area contributed by atoms with Gasteiger partial charge in [-0.15, -0.1) is 11.3 Å². The number of sulfonamides is 1. The number of esters is 1. The van der Waals surface area contributed by atoms with Crippen molar-refractivity contribution in [2.45, 2.75) is 17.7 Å². The first kappa shape index (κ1) is 17.8. The van der Waals surface area contributed by atoms with E-state index in [0.717, 1.165) is 24.2 Å². The van der Waals surface area contributed by atoms with E-state index in [9.17, 15) is 13.2 Å².